The Morgan fingerprint density at radius 2 is 1.92 bits per heavy atom. The van der Waals surface area contributed by atoms with Gasteiger partial charge in [-0.05, 0) is 23.8 Å². The van der Waals surface area contributed by atoms with Crippen molar-refractivity contribution in [3.63, 3.8) is 0 Å². The van der Waals surface area contributed by atoms with E-state index < -0.39 is 12.1 Å². The van der Waals surface area contributed by atoms with Crippen molar-refractivity contribution in [2.24, 2.45) is 11.8 Å². The number of rotatable bonds is 12. The van der Waals surface area contributed by atoms with Gasteiger partial charge in [0.15, 0.2) is 0 Å². The van der Waals surface area contributed by atoms with E-state index in [2.05, 4.69) is 19.2 Å². The number of benzene rings is 1. The molecule has 0 fully saturated rings. The highest BCUT2D eigenvalue weighted by atomic mass is 16.5. The van der Waals surface area contributed by atoms with Gasteiger partial charge in [-0.15, -0.1) is 0 Å². The number of nitrogens with one attached hydrogen (secondary N) is 1. The van der Waals surface area contributed by atoms with Gasteiger partial charge in [0.25, 0.3) is 0 Å². The average Bonchev–Trinajstić information content (AvgIpc) is 2.60. The fourth-order valence-electron chi connectivity index (χ4n) is 2.20. The molecule has 0 spiro atoms. The number of carbonyl (C=O) groups excluding carboxylic acids is 1. The lowest BCUT2D eigenvalue weighted by atomic mass is 10.0. The van der Waals surface area contributed by atoms with E-state index in [1.165, 1.54) is 0 Å². The lowest BCUT2D eigenvalue weighted by molar-refractivity contribution is -0.138. The van der Waals surface area contributed by atoms with E-state index in [1.54, 1.807) is 0 Å². The molecule has 2 atom stereocenters. The number of aliphatic carboxylic acids is 1. The molecule has 0 bridgehead atoms. The molecule has 1 aromatic carbocycles. The summed E-state index contributed by atoms with van der Waals surface area (Å²) >= 11 is 0. The smallest absolute Gasteiger partial charge is 0.407 e. The number of ether oxygens (including phenoxy) is 2. The van der Waals surface area contributed by atoms with Crippen molar-refractivity contribution >= 4 is 12.1 Å². The molecule has 25 heavy (non-hydrogen) atoms. The number of hydrogen-bond donors (Lipinski definition) is 2. The van der Waals surface area contributed by atoms with Crippen LogP contribution in [0.3, 0.4) is 0 Å². The summed E-state index contributed by atoms with van der Waals surface area (Å²) in [5, 5.41) is 11.6. The highest BCUT2D eigenvalue weighted by Gasteiger charge is 2.15. The van der Waals surface area contributed by atoms with E-state index in [9.17, 15) is 9.59 Å². The Bertz CT molecular complexity index is 506. The number of amides is 1. The quantitative estimate of drug-likeness (QED) is 0.602. The second kappa shape index (κ2) is 12.3. The van der Waals surface area contributed by atoms with Gasteiger partial charge in [0.05, 0.1) is 13.0 Å². The first-order valence-electron chi connectivity index (χ1n) is 8.75. The van der Waals surface area contributed by atoms with Crippen molar-refractivity contribution in [3.8, 4) is 0 Å². The third kappa shape index (κ3) is 10.4. The Kier molecular flexibility index (Phi) is 10.3. The number of carboxylic acid groups (broad SMARTS) is 1. The molecule has 140 valence electrons. The second-order valence-corrected chi connectivity index (χ2v) is 6.29. The highest BCUT2D eigenvalue weighted by molar-refractivity contribution is 5.67. The highest BCUT2D eigenvalue weighted by Crippen LogP contribution is 2.11. The maximum Gasteiger partial charge on any atom is 0.407 e. The molecule has 2 N–H and O–H groups in total. The third-order valence-electron chi connectivity index (χ3n) is 3.95. The van der Waals surface area contributed by atoms with Crippen LogP contribution in [-0.2, 0) is 20.9 Å². The molecule has 0 saturated heterocycles. The number of carbonyl (C=O) groups is 2. The summed E-state index contributed by atoms with van der Waals surface area (Å²) in [7, 11) is 0. The zero-order valence-electron chi connectivity index (χ0n) is 15.1. The van der Waals surface area contributed by atoms with Gasteiger partial charge in [0.2, 0.25) is 0 Å². The van der Waals surface area contributed by atoms with Crippen LogP contribution in [0, 0.1) is 11.8 Å². The molecule has 0 aliphatic rings. The molecule has 0 heterocycles. The molecule has 0 aliphatic heterocycles. The minimum atomic E-state index is -0.858. The van der Waals surface area contributed by atoms with E-state index in [1.807, 2.05) is 30.3 Å². The summed E-state index contributed by atoms with van der Waals surface area (Å²) in [6, 6.07) is 9.42. The molecule has 6 heteroatoms. The summed E-state index contributed by atoms with van der Waals surface area (Å²) in [6.07, 6.45) is 1.09. The standard InChI is InChI=1S/C19H29NO5/c1-3-15(2)12-24-13-17(11-18(21)22)9-10-20-19(23)25-14-16-7-5-4-6-8-16/h4-8,15,17H,3,9-14H2,1-2H3,(H,20,23)(H,21,22)/t15-,17+/m1/s1. The molecular weight excluding hydrogens is 322 g/mol. The van der Waals surface area contributed by atoms with E-state index in [4.69, 9.17) is 14.6 Å². The van der Waals surface area contributed by atoms with Crippen LogP contribution in [0.25, 0.3) is 0 Å². The first-order chi connectivity index (χ1) is 12.0. The average molecular weight is 351 g/mol. The van der Waals surface area contributed by atoms with Gasteiger partial charge in [-0.1, -0.05) is 50.6 Å². The summed E-state index contributed by atoms with van der Waals surface area (Å²) in [5.74, 6) is -0.531. The summed E-state index contributed by atoms with van der Waals surface area (Å²) in [4.78, 5) is 22.6. The summed E-state index contributed by atoms with van der Waals surface area (Å²) < 4.78 is 10.7. The summed E-state index contributed by atoms with van der Waals surface area (Å²) in [6.45, 7) is 5.77. The zero-order valence-corrected chi connectivity index (χ0v) is 15.1. The molecule has 0 saturated carbocycles. The molecule has 6 nitrogen and oxygen atoms in total. The van der Waals surface area contributed by atoms with Gasteiger partial charge in [0.1, 0.15) is 6.61 Å². The van der Waals surface area contributed by atoms with Crippen molar-refractivity contribution in [3.05, 3.63) is 35.9 Å². The van der Waals surface area contributed by atoms with Gasteiger partial charge < -0.3 is 19.9 Å². The number of alkyl carbamates (subject to hydrolysis) is 1. The SMILES string of the molecule is CC[C@@H](C)COC[C@@H](CCNC(=O)OCc1ccccc1)CC(=O)O. The van der Waals surface area contributed by atoms with Crippen LogP contribution in [0.5, 0.6) is 0 Å². The molecule has 1 aromatic rings. The maximum atomic E-state index is 11.7. The Balaban J connectivity index is 2.25. The minimum Gasteiger partial charge on any atom is -0.481 e. The topological polar surface area (TPSA) is 84.9 Å². The predicted octanol–water partition coefficient (Wildman–Crippen LogP) is 3.46. The molecule has 0 aromatic heterocycles. The molecule has 0 unspecified atom stereocenters. The van der Waals surface area contributed by atoms with Crippen molar-refractivity contribution < 1.29 is 24.2 Å². The third-order valence-corrected chi connectivity index (χ3v) is 3.95. The first-order valence-corrected chi connectivity index (χ1v) is 8.75. The normalized spacial score (nSPS) is 13.0. The van der Waals surface area contributed by atoms with Crippen molar-refractivity contribution in [1.29, 1.82) is 0 Å². The zero-order chi connectivity index (χ0) is 18.5. The van der Waals surface area contributed by atoms with Crippen LogP contribution >= 0.6 is 0 Å². The van der Waals surface area contributed by atoms with Gasteiger partial charge in [-0.25, -0.2) is 4.79 Å². The second-order valence-electron chi connectivity index (χ2n) is 6.29. The predicted molar refractivity (Wildman–Crippen MR) is 95.3 cm³/mol. The monoisotopic (exact) mass is 351 g/mol. The van der Waals surface area contributed by atoms with Crippen molar-refractivity contribution in [2.75, 3.05) is 19.8 Å². The van der Waals surface area contributed by atoms with Gasteiger partial charge in [-0.3, -0.25) is 4.79 Å². The fourth-order valence-corrected chi connectivity index (χ4v) is 2.20. The van der Waals surface area contributed by atoms with Gasteiger partial charge in [0, 0.05) is 13.2 Å². The summed E-state index contributed by atoms with van der Waals surface area (Å²) in [5.41, 5.74) is 0.917. The van der Waals surface area contributed by atoms with Crippen molar-refractivity contribution in [2.45, 2.75) is 39.7 Å². The maximum absolute atomic E-state index is 11.7. The largest absolute Gasteiger partial charge is 0.481 e. The Labute approximate surface area is 149 Å². The molecule has 1 rings (SSSR count). The van der Waals surface area contributed by atoms with E-state index in [0.29, 0.717) is 32.1 Å². The molecule has 0 radical (unpaired) electrons. The van der Waals surface area contributed by atoms with Crippen LogP contribution in [0.2, 0.25) is 0 Å². The van der Waals surface area contributed by atoms with E-state index >= 15 is 0 Å². The number of hydrogen-bond acceptors (Lipinski definition) is 4. The number of carboxylic acids is 1. The van der Waals surface area contributed by atoms with Gasteiger partial charge in [-0.2, -0.15) is 0 Å². The Hall–Kier alpha value is -2.08. The van der Waals surface area contributed by atoms with Crippen LogP contribution in [0.4, 0.5) is 4.79 Å². The van der Waals surface area contributed by atoms with Crippen LogP contribution in [0.1, 0.15) is 38.7 Å². The van der Waals surface area contributed by atoms with Crippen molar-refractivity contribution in [1.82, 2.24) is 5.32 Å². The lowest BCUT2D eigenvalue weighted by Crippen LogP contribution is -2.28. The molecular formula is C19H29NO5. The first kappa shape index (κ1) is 21.0. The van der Waals surface area contributed by atoms with Crippen LogP contribution < -0.4 is 5.32 Å². The molecule has 1 amide bonds. The lowest BCUT2D eigenvalue weighted by Gasteiger charge is -2.17. The Morgan fingerprint density at radius 3 is 2.56 bits per heavy atom. The van der Waals surface area contributed by atoms with Crippen LogP contribution in [0.15, 0.2) is 30.3 Å². The Morgan fingerprint density at radius 1 is 1.20 bits per heavy atom. The molecule has 0 aliphatic carbocycles. The van der Waals surface area contributed by atoms with E-state index in [0.717, 1.165) is 12.0 Å². The fraction of sp³-hybridized carbons (Fsp3) is 0.579. The van der Waals surface area contributed by atoms with E-state index in [-0.39, 0.29) is 18.9 Å². The van der Waals surface area contributed by atoms with Crippen LogP contribution in [-0.4, -0.2) is 36.9 Å². The van der Waals surface area contributed by atoms with Gasteiger partial charge >= 0.3 is 12.1 Å². The minimum absolute atomic E-state index is 0.0290.